The number of benzene rings is 3. The second kappa shape index (κ2) is 11.1. The van der Waals surface area contributed by atoms with Crippen LogP contribution in [0.15, 0.2) is 101 Å². The van der Waals surface area contributed by atoms with Gasteiger partial charge >= 0.3 is 0 Å². The van der Waals surface area contributed by atoms with E-state index < -0.39 is 14.9 Å². The predicted molar refractivity (Wildman–Crippen MR) is 143 cm³/mol. The Bertz CT molecular complexity index is 1400. The van der Waals surface area contributed by atoms with E-state index in [0.29, 0.717) is 5.57 Å². The number of nitro benzene ring substituents is 1. The van der Waals surface area contributed by atoms with Crippen LogP contribution in [0.25, 0.3) is 0 Å². The number of allylic oxidation sites excluding steroid dienone is 2. The number of nitrogens with zero attached hydrogens (tertiary/aromatic N) is 3. The van der Waals surface area contributed by atoms with Crippen LogP contribution >= 0.6 is 0 Å². The number of methoxy groups -OCH3 is 1. The molecule has 3 rings (SSSR count). The highest BCUT2D eigenvalue weighted by Crippen LogP contribution is 2.28. The lowest BCUT2D eigenvalue weighted by atomic mass is 10.1. The zero-order valence-electron chi connectivity index (χ0n) is 20.9. The minimum Gasteiger partial charge on any atom is -0.497 e. The summed E-state index contributed by atoms with van der Waals surface area (Å²) in [7, 11) is -0.495. The first kappa shape index (κ1) is 26.5. The minimum atomic E-state index is -3.99. The lowest BCUT2D eigenvalue weighted by molar-refractivity contribution is -0.384. The van der Waals surface area contributed by atoms with Crippen molar-refractivity contribution in [1.82, 2.24) is 0 Å². The number of aryl methyl sites for hydroxylation is 1. The molecule has 36 heavy (non-hydrogen) atoms. The van der Waals surface area contributed by atoms with Crippen LogP contribution in [0.1, 0.15) is 19.4 Å². The van der Waals surface area contributed by atoms with Crippen LogP contribution in [0.2, 0.25) is 0 Å². The van der Waals surface area contributed by atoms with Crippen LogP contribution in [-0.4, -0.2) is 27.5 Å². The van der Waals surface area contributed by atoms with Gasteiger partial charge < -0.3 is 9.64 Å². The first-order valence-corrected chi connectivity index (χ1v) is 12.6. The van der Waals surface area contributed by atoms with Crippen molar-refractivity contribution < 1.29 is 18.1 Å². The third-order valence-corrected chi connectivity index (χ3v) is 7.38. The van der Waals surface area contributed by atoms with Gasteiger partial charge in [0.25, 0.3) is 15.7 Å². The fourth-order valence-corrected chi connectivity index (χ4v) is 4.81. The summed E-state index contributed by atoms with van der Waals surface area (Å²) in [5.74, 6) is 0.728. The van der Waals surface area contributed by atoms with Gasteiger partial charge in [-0.2, -0.15) is 0 Å². The Hall–Kier alpha value is -4.11. The SMILES string of the molecule is COc1cccc(N(C)/C=C(C)/C(C)=C/N(c2ccc([N+](=O)[O-])cc2)S(=O)(=O)c2ccc(C)cc2)c1. The van der Waals surface area contributed by atoms with Crippen LogP contribution in [0, 0.1) is 17.0 Å². The van der Waals surface area contributed by atoms with E-state index in [1.807, 2.05) is 63.2 Å². The summed E-state index contributed by atoms with van der Waals surface area (Å²) in [4.78, 5) is 12.6. The topological polar surface area (TPSA) is 93.0 Å². The Morgan fingerprint density at radius 2 is 1.53 bits per heavy atom. The monoisotopic (exact) mass is 507 g/mol. The standard InChI is InChI=1S/C27H29N3O5S/c1-20-9-15-27(16-10-20)36(33,34)29(23-11-13-24(14-12-23)30(31)32)19-22(3)21(2)18-28(4)25-7-6-8-26(17-25)35-5/h6-19H,1-5H3/b21-18+,22-19+. The molecule has 0 fully saturated rings. The first-order valence-electron chi connectivity index (χ1n) is 11.1. The summed E-state index contributed by atoms with van der Waals surface area (Å²) in [5.41, 5.74) is 3.52. The molecule has 0 saturated carbocycles. The molecule has 0 saturated heterocycles. The maximum atomic E-state index is 13.6. The van der Waals surface area contributed by atoms with Gasteiger partial charge in [-0.15, -0.1) is 0 Å². The van der Waals surface area contributed by atoms with Crippen molar-refractivity contribution in [2.45, 2.75) is 25.7 Å². The van der Waals surface area contributed by atoms with E-state index in [9.17, 15) is 18.5 Å². The Balaban J connectivity index is 2.04. The van der Waals surface area contributed by atoms with E-state index in [1.165, 1.54) is 30.5 Å². The van der Waals surface area contributed by atoms with Gasteiger partial charge in [0, 0.05) is 43.3 Å². The van der Waals surface area contributed by atoms with Gasteiger partial charge in [-0.25, -0.2) is 12.7 Å². The van der Waals surface area contributed by atoms with Gasteiger partial charge in [-0.1, -0.05) is 23.8 Å². The molecule has 0 amide bonds. The number of anilines is 2. The molecule has 0 spiro atoms. The first-order chi connectivity index (χ1) is 17.0. The average molecular weight is 508 g/mol. The molecule has 3 aromatic rings. The number of hydrogen-bond acceptors (Lipinski definition) is 6. The molecule has 0 aliphatic rings. The molecule has 8 nitrogen and oxygen atoms in total. The maximum absolute atomic E-state index is 13.6. The zero-order valence-corrected chi connectivity index (χ0v) is 21.7. The molecule has 0 aromatic heterocycles. The highest BCUT2D eigenvalue weighted by molar-refractivity contribution is 7.93. The molecule has 0 aliphatic carbocycles. The summed E-state index contributed by atoms with van der Waals surface area (Å²) in [6.45, 7) is 5.57. The fourth-order valence-electron chi connectivity index (χ4n) is 3.40. The zero-order chi connectivity index (χ0) is 26.5. The van der Waals surface area contributed by atoms with Crippen LogP contribution < -0.4 is 13.9 Å². The third kappa shape index (κ3) is 6.11. The molecule has 0 heterocycles. The smallest absolute Gasteiger partial charge is 0.269 e. The summed E-state index contributed by atoms with van der Waals surface area (Å²) < 4.78 is 33.7. The molecule has 188 valence electrons. The van der Waals surface area contributed by atoms with Crippen molar-refractivity contribution in [3.05, 3.63) is 112 Å². The van der Waals surface area contributed by atoms with E-state index in [-0.39, 0.29) is 16.3 Å². The maximum Gasteiger partial charge on any atom is 0.269 e. The highest BCUT2D eigenvalue weighted by atomic mass is 32.2. The summed E-state index contributed by atoms with van der Waals surface area (Å²) >= 11 is 0. The lowest BCUT2D eigenvalue weighted by Gasteiger charge is -2.23. The molecule has 0 unspecified atom stereocenters. The van der Waals surface area contributed by atoms with E-state index in [2.05, 4.69) is 0 Å². The van der Waals surface area contributed by atoms with Crippen molar-refractivity contribution in [3.63, 3.8) is 0 Å². The molecular formula is C27H29N3O5S. The number of non-ortho nitro benzene ring substituents is 1. The van der Waals surface area contributed by atoms with Gasteiger partial charge in [0.15, 0.2) is 0 Å². The summed E-state index contributed by atoms with van der Waals surface area (Å²) in [5, 5.41) is 11.1. The average Bonchev–Trinajstić information content (AvgIpc) is 2.87. The Morgan fingerprint density at radius 1 is 0.917 bits per heavy atom. The second-order valence-electron chi connectivity index (χ2n) is 8.32. The van der Waals surface area contributed by atoms with Crippen molar-refractivity contribution in [2.75, 3.05) is 23.4 Å². The largest absolute Gasteiger partial charge is 0.497 e. The quantitative estimate of drug-likeness (QED) is 0.199. The molecule has 3 aromatic carbocycles. The normalized spacial score (nSPS) is 12.2. The Kier molecular flexibility index (Phi) is 8.16. The Morgan fingerprint density at radius 3 is 2.11 bits per heavy atom. The highest BCUT2D eigenvalue weighted by Gasteiger charge is 2.24. The van der Waals surface area contributed by atoms with Gasteiger partial charge in [-0.05, 0) is 68.3 Å². The molecule has 0 atom stereocenters. The predicted octanol–water partition coefficient (Wildman–Crippen LogP) is 6.05. The van der Waals surface area contributed by atoms with E-state index >= 15 is 0 Å². The summed E-state index contributed by atoms with van der Waals surface area (Å²) in [6, 6.07) is 19.6. The van der Waals surface area contributed by atoms with Crippen LogP contribution in [0.5, 0.6) is 5.75 Å². The van der Waals surface area contributed by atoms with Gasteiger partial charge in [-0.3, -0.25) is 10.1 Å². The van der Waals surface area contributed by atoms with Gasteiger partial charge in [0.2, 0.25) is 0 Å². The van der Waals surface area contributed by atoms with Gasteiger partial charge in [0.1, 0.15) is 5.75 Å². The molecule has 0 aliphatic heterocycles. The van der Waals surface area contributed by atoms with Crippen molar-refractivity contribution in [2.24, 2.45) is 0 Å². The molecular weight excluding hydrogens is 478 g/mol. The number of sulfonamides is 1. The fraction of sp³-hybridized carbons (Fsp3) is 0.185. The van der Waals surface area contributed by atoms with Crippen LogP contribution in [0.3, 0.4) is 0 Å². The van der Waals surface area contributed by atoms with E-state index in [4.69, 9.17) is 4.74 Å². The Labute approximate surface area is 211 Å². The lowest BCUT2D eigenvalue weighted by Crippen LogP contribution is -2.26. The van der Waals surface area contributed by atoms with E-state index in [0.717, 1.165) is 26.9 Å². The molecule has 0 bridgehead atoms. The van der Waals surface area contributed by atoms with Crippen LogP contribution in [-0.2, 0) is 10.0 Å². The number of hydrogen-bond donors (Lipinski definition) is 0. The van der Waals surface area contributed by atoms with Crippen LogP contribution in [0.4, 0.5) is 17.1 Å². The third-order valence-electron chi connectivity index (χ3n) is 5.67. The van der Waals surface area contributed by atoms with Crippen molar-refractivity contribution in [1.29, 1.82) is 0 Å². The number of ether oxygens (including phenoxy) is 1. The van der Waals surface area contributed by atoms with Crippen molar-refractivity contribution >= 4 is 27.1 Å². The molecule has 9 heteroatoms. The summed E-state index contributed by atoms with van der Waals surface area (Å²) in [6.07, 6.45) is 3.43. The molecule has 0 N–H and O–H groups in total. The van der Waals surface area contributed by atoms with E-state index in [1.54, 1.807) is 31.4 Å². The minimum absolute atomic E-state index is 0.116. The molecule has 0 radical (unpaired) electrons. The number of rotatable bonds is 9. The number of nitro groups is 1. The van der Waals surface area contributed by atoms with Gasteiger partial charge in [0.05, 0.1) is 22.6 Å². The second-order valence-corrected chi connectivity index (χ2v) is 10.1. The van der Waals surface area contributed by atoms with Crippen molar-refractivity contribution in [3.8, 4) is 5.75 Å².